The summed E-state index contributed by atoms with van der Waals surface area (Å²) in [5.74, 6) is 0. The minimum absolute atomic E-state index is 0.811. The molecule has 1 aromatic carbocycles. The van der Waals surface area contributed by atoms with Crippen molar-refractivity contribution in [3.05, 3.63) is 42.5 Å². The molecule has 1 aromatic heterocycles. The summed E-state index contributed by atoms with van der Waals surface area (Å²) < 4.78 is 4.32. The summed E-state index contributed by atoms with van der Waals surface area (Å²) in [6, 6.07) is 6.09. The lowest BCUT2D eigenvalue weighted by atomic mass is 10.2. The van der Waals surface area contributed by atoms with Gasteiger partial charge in [0.05, 0.1) is 24.5 Å². The highest BCUT2D eigenvalue weighted by Gasteiger charge is 2.02. The van der Waals surface area contributed by atoms with E-state index in [4.69, 9.17) is 5.73 Å². The number of hydrogen-bond acceptors (Lipinski definition) is 2. The van der Waals surface area contributed by atoms with Gasteiger partial charge in [0.25, 0.3) is 0 Å². The summed E-state index contributed by atoms with van der Waals surface area (Å²) in [7, 11) is 0. The number of nitrogen functional groups attached to an aromatic ring is 1. The number of aromatic nitrogens is 2. The zero-order valence-corrected chi connectivity index (χ0v) is 11.1. The molecule has 4 heteroatoms. The smallest absolute Gasteiger partial charge is 0.243 e. The van der Waals surface area contributed by atoms with Gasteiger partial charge >= 0.3 is 0 Å². The Kier molecular flexibility index (Phi) is 3.87. The first-order valence-corrected chi connectivity index (χ1v) is 6.34. The van der Waals surface area contributed by atoms with Crippen molar-refractivity contribution < 1.29 is 4.57 Å². The molecule has 1 heterocycles. The fourth-order valence-corrected chi connectivity index (χ4v) is 1.92. The van der Waals surface area contributed by atoms with Gasteiger partial charge < -0.3 is 11.1 Å². The van der Waals surface area contributed by atoms with Crippen LogP contribution in [0.5, 0.6) is 0 Å². The van der Waals surface area contributed by atoms with E-state index >= 15 is 0 Å². The fourth-order valence-electron chi connectivity index (χ4n) is 1.92. The van der Waals surface area contributed by atoms with Crippen LogP contribution in [0.1, 0.15) is 12.5 Å². The predicted molar refractivity (Wildman–Crippen MR) is 74.4 cm³/mol. The molecule has 0 spiro atoms. The van der Waals surface area contributed by atoms with Crippen molar-refractivity contribution >= 4 is 11.4 Å². The Morgan fingerprint density at radius 2 is 2.22 bits per heavy atom. The van der Waals surface area contributed by atoms with E-state index in [1.165, 1.54) is 5.56 Å². The molecule has 0 aliphatic heterocycles. The molecule has 0 fully saturated rings. The maximum Gasteiger partial charge on any atom is 0.243 e. The maximum atomic E-state index is 5.95. The Hall–Kier alpha value is -1.97. The van der Waals surface area contributed by atoms with Crippen molar-refractivity contribution in [2.45, 2.75) is 26.9 Å². The Bertz CT molecular complexity index is 516. The standard InChI is InChI=1S/C14H21N4/c1-3-17-8-9-18(11-17)7-6-16-14-5-4-12(2)10-13(14)15/h4-5,8-11,16H,3,6-7,15H2,1-2H3/q+1. The molecule has 0 amide bonds. The van der Waals surface area contributed by atoms with Gasteiger partial charge in [0.1, 0.15) is 18.9 Å². The summed E-state index contributed by atoms with van der Waals surface area (Å²) >= 11 is 0. The van der Waals surface area contributed by atoms with Gasteiger partial charge in [-0.2, -0.15) is 0 Å². The van der Waals surface area contributed by atoms with Crippen LogP contribution in [0.3, 0.4) is 0 Å². The number of nitrogens with one attached hydrogen (secondary N) is 1. The van der Waals surface area contributed by atoms with Crippen molar-refractivity contribution in [2.75, 3.05) is 17.6 Å². The van der Waals surface area contributed by atoms with Crippen molar-refractivity contribution in [2.24, 2.45) is 0 Å². The molecule has 2 aromatic rings. The number of nitrogens with two attached hydrogens (primary N) is 1. The lowest BCUT2D eigenvalue weighted by Crippen LogP contribution is -2.29. The van der Waals surface area contributed by atoms with Gasteiger partial charge in [-0.05, 0) is 31.5 Å². The topological polar surface area (TPSA) is 46.9 Å². The molecule has 0 aliphatic carbocycles. The van der Waals surface area contributed by atoms with Crippen LogP contribution in [0.15, 0.2) is 36.9 Å². The van der Waals surface area contributed by atoms with Gasteiger partial charge in [0, 0.05) is 0 Å². The van der Waals surface area contributed by atoms with Gasteiger partial charge in [0.2, 0.25) is 6.33 Å². The SMILES string of the molecule is CC[n+]1ccn(CCNc2ccc(C)cc2N)c1. The second-order valence-electron chi connectivity index (χ2n) is 4.50. The fraction of sp³-hybridized carbons (Fsp3) is 0.357. The lowest BCUT2D eigenvalue weighted by molar-refractivity contribution is -0.693. The third kappa shape index (κ3) is 3.03. The van der Waals surface area contributed by atoms with Crippen LogP contribution in [-0.2, 0) is 13.1 Å². The van der Waals surface area contributed by atoms with Gasteiger partial charge in [-0.25, -0.2) is 9.13 Å². The molecule has 0 bridgehead atoms. The first-order valence-electron chi connectivity index (χ1n) is 6.34. The van der Waals surface area contributed by atoms with E-state index in [9.17, 15) is 0 Å². The summed E-state index contributed by atoms with van der Waals surface area (Å²) in [5.41, 5.74) is 8.96. The van der Waals surface area contributed by atoms with Crippen LogP contribution in [-0.4, -0.2) is 11.1 Å². The van der Waals surface area contributed by atoms with Gasteiger partial charge in [-0.1, -0.05) is 6.07 Å². The van der Waals surface area contributed by atoms with Gasteiger partial charge in [0.15, 0.2) is 0 Å². The first-order chi connectivity index (χ1) is 8.69. The molecule has 0 aliphatic rings. The van der Waals surface area contributed by atoms with E-state index in [2.05, 4.69) is 46.2 Å². The van der Waals surface area contributed by atoms with E-state index < -0.39 is 0 Å². The third-order valence-corrected chi connectivity index (χ3v) is 3.00. The van der Waals surface area contributed by atoms with Crippen molar-refractivity contribution in [3.8, 4) is 0 Å². The molecule has 96 valence electrons. The van der Waals surface area contributed by atoms with E-state index in [0.29, 0.717) is 0 Å². The molecule has 0 saturated heterocycles. The average Bonchev–Trinajstić information content (AvgIpc) is 2.80. The summed E-state index contributed by atoms with van der Waals surface area (Å²) in [4.78, 5) is 0. The number of hydrogen-bond donors (Lipinski definition) is 2. The molecule has 0 saturated carbocycles. The third-order valence-electron chi connectivity index (χ3n) is 3.00. The number of nitrogens with zero attached hydrogens (tertiary/aromatic N) is 2. The molecule has 0 unspecified atom stereocenters. The lowest BCUT2D eigenvalue weighted by Gasteiger charge is -2.08. The van der Waals surface area contributed by atoms with Crippen molar-refractivity contribution in [3.63, 3.8) is 0 Å². The summed E-state index contributed by atoms with van der Waals surface area (Å²) in [6.07, 6.45) is 6.28. The minimum atomic E-state index is 0.811. The molecule has 18 heavy (non-hydrogen) atoms. The highest BCUT2D eigenvalue weighted by molar-refractivity contribution is 5.66. The van der Waals surface area contributed by atoms with Crippen LogP contribution in [0.2, 0.25) is 0 Å². The van der Waals surface area contributed by atoms with Crippen LogP contribution in [0.25, 0.3) is 0 Å². The van der Waals surface area contributed by atoms with E-state index in [0.717, 1.165) is 31.0 Å². The molecule has 4 nitrogen and oxygen atoms in total. The number of rotatable bonds is 5. The Morgan fingerprint density at radius 3 is 2.89 bits per heavy atom. The van der Waals surface area contributed by atoms with Crippen LogP contribution < -0.4 is 15.6 Å². The molecule has 2 rings (SSSR count). The second-order valence-corrected chi connectivity index (χ2v) is 4.50. The number of imidazole rings is 1. The number of benzene rings is 1. The Balaban J connectivity index is 1.88. The Labute approximate surface area is 108 Å². The van der Waals surface area contributed by atoms with E-state index in [1.54, 1.807) is 0 Å². The zero-order chi connectivity index (χ0) is 13.0. The zero-order valence-electron chi connectivity index (χ0n) is 11.1. The normalized spacial score (nSPS) is 10.6. The maximum absolute atomic E-state index is 5.95. The quantitative estimate of drug-likeness (QED) is 0.623. The van der Waals surface area contributed by atoms with Crippen molar-refractivity contribution in [1.82, 2.24) is 4.57 Å². The van der Waals surface area contributed by atoms with Crippen LogP contribution in [0, 0.1) is 6.92 Å². The number of anilines is 2. The average molecular weight is 245 g/mol. The highest BCUT2D eigenvalue weighted by Crippen LogP contribution is 2.18. The van der Waals surface area contributed by atoms with Gasteiger partial charge in [-0.15, -0.1) is 0 Å². The van der Waals surface area contributed by atoms with Gasteiger partial charge in [-0.3, -0.25) is 0 Å². The van der Waals surface area contributed by atoms with Crippen LogP contribution >= 0.6 is 0 Å². The molecular weight excluding hydrogens is 224 g/mol. The predicted octanol–water partition coefficient (Wildman–Crippen LogP) is 1.80. The highest BCUT2D eigenvalue weighted by atomic mass is 15.1. The molecule has 0 radical (unpaired) electrons. The Morgan fingerprint density at radius 1 is 1.39 bits per heavy atom. The summed E-state index contributed by atoms with van der Waals surface area (Å²) in [6.45, 7) is 6.98. The minimum Gasteiger partial charge on any atom is -0.397 e. The molecular formula is C14H21N4+. The number of aryl methyl sites for hydroxylation is 2. The van der Waals surface area contributed by atoms with E-state index in [-0.39, 0.29) is 0 Å². The first kappa shape index (κ1) is 12.5. The molecule has 3 N–H and O–H groups in total. The largest absolute Gasteiger partial charge is 0.397 e. The monoisotopic (exact) mass is 245 g/mol. The van der Waals surface area contributed by atoms with Crippen molar-refractivity contribution in [1.29, 1.82) is 0 Å². The van der Waals surface area contributed by atoms with Crippen LogP contribution in [0.4, 0.5) is 11.4 Å². The second kappa shape index (κ2) is 5.58. The van der Waals surface area contributed by atoms with E-state index in [1.807, 2.05) is 19.1 Å². The summed E-state index contributed by atoms with van der Waals surface area (Å²) in [5, 5.41) is 3.36. The molecule has 0 atom stereocenters.